The van der Waals surface area contributed by atoms with Gasteiger partial charge in [-0.05, 0) is 49.7 Å². The molecule has 1 aromatic rings. The molecular formula is C23H36O5. The molecule has 5 nitrogen and oxygen atoms in total. The summed E-state index contributed by atoms with van der Waals surface area (Å²) in [7, 11) is 1.42. The van der Waals surface area contributed by atoms with Crippen molar-refractivity contribution in [3.63, 3.8) is 0 Å². The summed E-state index contributed by atoms with van der Waals surface area (Å²) in [6.07, 6.45) is 5.03. The Kier molecular flexibility index (Phi) is 10.3. The van der Waals surface area contributed by atoms with Gasteiger partial charge in [0.1, 0.15) is 11.5 Å². The molecule has 0 saturated heterocycles. The number of aliphatic hydroxyl groups excluding tert-OH is 2. The molecular weight excluding hydrogens is 356 g/mol. The lowest BCUT2D eigenvalue weighted by Crippen LogP contribution is -2.29. The highest BCUT2D eigenvalue weighted by Gasteiger charge is 2.31. The first kappa shape index (κ1) is 24.2. The molecule has 28 heavy (non-hydrogen) atoms. The van der Waals surface area contributed by atoms with E-state index in [2.05, 4.69) is 6.58 Å². The topological polar surface area (TPSA) is 87.0 Å². The predicted molar refractivity (Wildman–Crippen MR) is 112 cm³/mol. The van der Waals surface area contributed by atoms with E-state index in [1.807, 2.05) is 20.8 Å². The number of ketones is 1. The highest BCUT2D eigenvalue weighted by Crippen LogP contribution is 2.38. The molecule has 0 radical (unpaired) electrons. The number of ether oxygens (including phenoxy) is 1. The van der Waals surface area contributed by atoms with Crippen molar-refractivity contribution in [1.29, 1.82) is 0 Å². The third kappa shape index (κ3) is 6.08. The molecule has 3 N–H and O–H groups in total. The van der Waals surface area contributed by atoms with Gasteiger partial charge in [-0.25, -0.2) is 0 Å². The van der Waals surface area contributed by atoms with Crippen molar-refractivity contribution in [3.8, 4) is 11.5 Å². The van der Waals surface area contributed by atoms with Gasteiger partial charge in [0.15, 0.2) is 5.78 Å². The van der Waals surface area contributed by atoms with E-state index in [4.69, 9.17) is 4.74 Å². The Balaban J connectivity index is 3.38. The van der Waals surface area contributed by atoms with Crippen LogP contribution in [0.2, 0.25) is 0 Å². The number of aromatic hydroxyl groups is 1. The van der Waals surface area contributed by atoms with Gasteiger partial charge in [0, 0.05) is 5.92 Å². The molecule has 0 aromatic heterocycles. The Bertz CT molecular complexity index is 651. The summed E-state index contributed by atoms with van der Waals surface area (Å²) in [6.45, 7) is 9.29. The molecule has 0 bridgehead atoms. The number of unbranched alkanes of at least 4 members (excludes halogenated alkanes) is 1. The Morgan fingerprint density at radius 2 is 2.00 bits per heavy atom. The van der Waals surface area contributed by atoms with Crippen LogP contribution < -0.4 is 4.74 Å². The van der Waals surface area contributed by atoms with Crippen molar-refractivity contribution in [2.75, 3.05) is 7.11 Å². The van der Waals surface area contributed by atoms with Crippen LogP contribution >= 0.6 is 0 Å². The van der Waals surface area contributed by atoms with Crippen LogP contribution in [0.5, 0.6) is 11.5 Å². The van der Waals surface area contributed by atoms with Crippen molar-refractivity contribution in [3.05, 3.63) is 35.4 Å². The number of hydrogen-bond acceptors (Lipinski definition) is 5. The first-order valence-electron chi connectivity index (χ1n) is 10.2. The first-order valence-corrected chi connectivity index (χ1v) is 10.2. The van der Waals surface area contributed by atoms with E-state index in [0.717, 1.165) is 19.3 Å². The average Bonchev–Trinajstić information content (AvgIpc) is 2.66. The standard InChI is InChI=1S/C23H36O5/c1-6-8-9-11-20(25)17(10-7-2)22(27)18-13-16(12-15(3)4)21(26)19(14-24)23(18)28-5/h6,13,15,17,20,24-26H,1,7-12,14H2,2-5H3/t17-,20+/m0/s1. The lowest BCUT2D eigenvalue weighted by atomic mass is 9.84. The number of methoxy groups -OCH3 is 1. The van der Waals surface area contributed by atoms with Gasteiger partial charge in [0.25, 0.3) is 0 Å². The van der Waals surface area contributed by atoms with Crippen molar-refractivity contribution in [1.82, 2.24) is 0 Å². The van der Waals surface area contributed by atoms with Crippen LogP contribution in [0.25, 0.3) is 0 Å². The summed E-state index contributed by atoms with van der Waals surface area (Å²) < 4.78 is 5.40. The maximum Gasteiger partial charge on any atom is 0.172 e. The van der Waals surface area contributed by atoms with E-state index < -0.39 is 18.6 Å². The molecule has 0 fully saturated rings. The number of carbonyl (C=O) groups is 1. The molecule has 0 unspecified atom stereocenters. The molecule has 0 aliphatic heterocycles. The SMILES string of the molecule is C=CCCC[C@@H](O)[C@H](CCC)C(=O)c1cc(CC(C)C)c(O)c(CO)c1OC. The third-order valence-corrected chi connectivity index (χ3v) is 4.99. The van der Waals surface area contributed by atoms with Gasteiger partial charge >= 0.3 is 0 Å². The number of carbonyl (C=O) groups excluding carboxylic acids is 1. The van der Waals surface area contributed by atoms with Crippen LogP contribution in [0.15, 0.2) is 18.7 Å². The summed E-state index contributed by atoms with van der Waals surface area (Å²) in [4.78, 5) is 13.4. The average molecular weight is 393 g/mol. The maximum absolute atomic E-state index is 13.4. The number of hydrogen-bond donors (Lipinski definition) is 3. The van der Waals surface area contributed by atoms with Crippen molar-refractivity contribution in [2.24, 2.45) is 11.8 Å². The van der Waals surface area contributed by atoms with Crippen LogP contribution in [-0.2, 0) is 13.0 Å². The summed E-state index contributed by atoms with van der Waals surface area (Å²) in [5.74, 6) is -0.319. The zero-order valence-electron chi connectivity index (χ0n) is 17.7. The molecule has 0 aliphatic rings. The Morgan fingerprint density at radius 3 is 2.50 bits per heavy atom. The molecule has 158 valence electrons. The van der Waals surface area contributed by atoms with E-state index in [0.29, 0.717) is 30.4 Å². The van der Waals surface area contributed by atoms with Crippen molar-refractivity contribution in [2.45, 2.75) is 72.0 Å². The van der Waals surface area contributed by atoms with Gasteiger partial charge in [-0.1, -0.05) is 33.3 Å². The first-order chi connectivity index (χ1) is 13.3. The normalized spacial score (nSPS) is 13.4. The van der Waals surface area contributed by atoms with Gasteiger partial charge in [0.05, 0.1) is 30.9 Å². The van der Waals surface area contributed by atoms with Gasteiger partial charge in [-0.15, -0.1) is 6.58 Å². The summed E-state index contributed by atoms with van der Waals surface area (Å²) >= 11 is 0. The van der Waals surface area contributed by atoms with E-state index >= 15 is 0 Å². The molecule has 0 heterocycles. The summed E-state index contributed by atoms with van der Waals surface area (Å²) in [5, 5.41) is 31.0. The lowest BCUT2D eigenvalue weighted by Gasteiger charge is -2.24. The summed E-state index contributed by atoms with van der Waals surface area (Å²) in [5.41, 5.74) is 1.15. The minimum Gasteiger partial charge on any atom is -0.507 e. The Morgan fingerprint density at radius 1 is 1.32 bits per heavy atom. The minimum atomic E-state index is -0.753. The molecule has 0 aliphatic carbocycles. The maximum atomic E-state index is 13.4. The second kappa shape index (κ2) is 11.9. The molecule has 2 atom stereocenters. The highest BCUT2D eigenvalue weighted by molar-refractivity contribution is 6.01. The number of Topliss-reactive ketones (excluding diaryl/α,β-unsaturated/α-hetero) is 1. The van der Waals surface area contributed by atoms with Crippen LogP contribution in [0.4, 0.5) is 0 Å². The number of benzene rings is 1. The molecule has 1 rings (SSSR count). The van der Waals surface area contributed by atoms with Crippen LogP contribution in [0.3, 0.4) is 0 Å². The van der Waals surface area contributed by atoms with Crippen LogP contribution in [0, 0.1) is 11.8 Å². The van der Waals surface area contributed by atoms with Gasteiger partial charge in [-0.2, -0.15) is 0 Å². The smallest absolute Gasteiger partial charge is 0.172 e. The van der Waals surface area contributed by atoms with Crippen LogP contribution in [-0.4, -0.2) is 34.3 Å². The molecule has 5 heteroatoms. The van der Waals surface area contributed by atoms with Crippen molar-refractivity contribution < 1.29 is 24.9 Å². The molecule has 0 saturated carbocycles. The van der Waals surface area contributed by atoms with Crippen molar-refractivity contribution >= 4 is 5.78 Å². The number of aliphatic hydroxyl groups is 2. The predicted octanol–water partition coefficient (Wildman–Crippen LogP) is 4.41. The number of phenols is 1. The molecule has 0 spiro atoms. The fourth-order valence-corrected chi connectivity index (χ4v) is 3.61. The lowest BCUT2D eigenvalue weighted by molar-refractivity contribution is 0.0620. The minimum absolute atomic E-state index is 0.0248. The van der Waals surface area contributed by atoms with Crippen LogP contribution in [0.1, 0.15) is 74.4 Å². The highest BCUT2D eigenvalue weighted by atomic mass is 16.5. The fourth-order valence-electron chi connectivity index (χ4n) is 3.61. The van der Waals surface area contributed by atoms with Gasteiger partial charge in [-0.3, -0.25) is 4.79 Å². The summed E-state index contributed by atoms with van der Waals surface area (Å²) in [6, 6.07) is 1.66. The largest absolute Gasteiger partial charge is 0.507 e. The Labute approximate surface area is 169 Å². The monoisotopic (exact) mass is 392 g/mol. The molecule has 1 aromatic carbocycles. The van der Waals surface area contributed by atoms with E-state index in [1.165, 1.54) is 7.11 Å². The third-order valence-electron chi connectivity index (χ3n) is 4.99. The van der Waals surface area contributed by atoms with E-state index in [1.54, 1.807) is 12.1 Å². The zero-order chi connectivity index (χ0) is 21.3. The molecule has 0 amide bonds. The fraction of sp³-hybridized carbons (Fsp3) is 0.609. The number of rotatable bonds is 13. The number of allylic oxidation sites excluding steroid dienone is 1. The quantitative estimate of drug-likeness (QED) is 0.263. The van der Waals surface area contributed by atoms with E-state index in [-0.39, 0.29) is 28.8 Å². The second-order valence-electron chi connectivity index (χ2n) is 7.75. The second-order valence-corrected chi connectivity index (χ2v) is 7.75. The van der Waals surface area contributed by atoms with E-state index in [9.17, 15) is 20.1 Å². The zero-order valence-corrected chi connectivity index (χ0v) is 17.7. The van der Waals surface area contributed by atoms with Gasteiger partial charge in [0.2, 0.25) is 0 Å². The van der Waals surface area contributed by atoms with Gasteiger partial charge < -0.3 is 20.1 Å². The Hall–Kier alpha value is -1.85.